The molecule has 32 heavy (non-hydrogen) atoms. The molecule has 1 saturated carbocycles. The van der Waals surface area contributed by atoms with Crippen molar-refractivity contribution in [3.05, 3.63) is 59.2 Å². The first-order chi connectivity index (χ1) is 15.0. The van der Waals surface area contributed by atoms with Gasteiger partial charge in [0.15, 0.2) is 0 Å². The van der Waals surface area contributed by atoms with Crippen LogP contribution in [-0.2, 0) is 26.2 Å². The number of hydrogen-bond acceptors (Lipinski definition) is 7. The number of rotatable bonds is 5. The van der Waals surface area contributed by atoms with Crippen LogP contribution in [0.5, 0.6) is 5.88 Å². The third kappa shape index (κ3) is 10.4. The predicted molar refractivity (Wildman–Crippen MR) is 121 cm³/mol. The van der Waals surface area contributed by atoms with Crippen LogP contribution in [-0.4, -0.2) is 38.0 Å². The van der Waals surface area contributed by atoms with Gasteiger partial charge in [-0.05, 0) is 24.3 Å². The summed E-state index contributed by atoms with van der Waals surface area (Å²) in [5.41, 5.74) is 1.62. The van der Waals surface area contributed by atoms with Gasteiger partial charge in [0, 0.05) is 13.3 Å². The first kappa shape index (κ1) is 26.0. The number of hydrogen-bond donors (Lipinski definition) is 0. The van der Waals surface area contributed by atoms with E-state index in [9.17, 15) is 13.6 Å². The second-order valence-electron chi connectivity index (χ2n) is 8.66. The minimum absolute atomic E-state index is 0.233. The largest absolute Gasteiger partial charge is 0.618 e. The van der Waals surface area contributed by atoms with Gasteiger partial charge in [-0.15, -0.1) is 0 Å². The Bertz CT molecular complexity index is 934. The lowest BCUT2D eigenvalue weighted by Gasteiger charge is -2.19. The fourth-order valence-electron chi connectivity index (χ4n) is 2.95. The fraction of sp³-hybridized carbons (Fsp3) is 0.565. The Morgan fingerprint density at radius 1 is 1.19 bits per heavy atom. The van der Waals surface area contributed by atoms with Gasteiger partial charge in [0.05, 0.1) is 37.4 Å². The van der Waals surface area contributed by atoms with Crippen LogP contribution in [0, 0.1) is 18.0 Å². The molecule has 2 aliphatic rings. The zero-order chi connectivity index (χ0) is 23.7. The van der Waals surface area contributed by atoms with E-state index in [-0.39, 0.29) is 5.88 Å². The molecule has 0 N–H and O–H groups in total. The van der Waals surface area contributed by atoms with E-state index in [1.807, 2.05) is 6.07 Å². The monoisotopic (exact) mass is 466 g/mol. The molecular formula is C23H34N2O6S. The highest BCUT2D eigenvalue weighted by molar-refractivity contribution is 7.86. The lowest BCUT2D eigenvalue weighted by atomic mass is 9.98. The summed E-state index contributed by atoms with van der Waals surface area (Å²) in [6.45, 7) is 8.78. The highest BCUT2D eigenvalue weighted by atomic mass is 32.2. The van der Waals surface area contributed by atoms with Crippen LogP contribution in [0.25, 0.3) is 0 Å². The van der Waals surface area contributed by atoms with E-state index in [1.54, 1.807) is 6.92 Å². The molecule has 2 aromatic rings. The van der Waals surface area contributed by atoms with Gasteiger partial charge in [-0.2, -0.15) is 13.1 Å². The Kier molecular flexibility index (Phi) is 9.86. The van der Waals surface area contributed by atoms with Gasteiger partial charge in [0.1, 0.15) is 0 Å². The molecule has 1 aliphatic carbocycles. The Morgan fingerprint density at radius 3 is 2.41 bits per heavy atom. The van der Waals surface area contributed by atoms with Crippen molar-refractivity contribution in [3.8, 4) is 5.88 Å². The molecule has 0 bridgehead atoms. The van der Waals surface area contributed by atoms with Crippen LogP contribution < -0.4 is 8.91 Å². The molecule has 1 aliphatic heterocycles. The normalized spacial score (nSPS) is 21.4. The number of fused-ring (bicyclic) bond motifs is 1. The number of aryl methyl sites for hydroxylation is 1. The van der Waals surface area contributed by atoms with Crippen molar-refractivity contribution < 1.29 is 26.8 Å². The summed E-state index contributed by atoms with van der Waals surface area (Å²) in [5.74, 6) is 0.600. The van der Waals surface area contributed by atoms with Crippen molar-refractivity contribution in [2.24, 2.45) is 5.92 Å². The Hall–Kier alpha value is -2.23. The van der Waals surface area contributed by atoms with Crippen LogP contribution in [0.4, 0.5) is 0 Å². The van der Waals surface area contributed by atoms with Crippen molar-refractivity contribution in [1.29, 1.82) is 0 Å². The smallest absolute Gasteiger partial charge is 0.307 e. The maximum atomic E-state index is 10.9. The van der Waals surface area contributed by atoms with Gasteiger partial charge < -0.3 is 18.9 Å². The molecule has 3 unspecified atom stereocenters. The Balaban J connectivity index is 0.000000197. The molecule has 8 nitrogen and oxygen atoms in total. The van der Waals surface area contributed by atoms with Gasteiger partial charge in [-0.3, -0.25) is 0 Å². The number of aromatic nitrogens is 2. The SMILES string of the molecule is CC(C)C.Cc1cnc(OS(C)(=O)=O)c[n+]1[O-].c1ccc(COC2CCC3OC3C2)cc1. The zero-order valence-electron chi connectivity index (χ0n) is 19.4. The quantitative estimate of drug-likeness (QED) is 0.287. The summed E-state index contributed by atoms with van der Waals surface area (Å²) >= 11 is 0. The van der Waals surface area contributed by atoms with Crippen molar-refractivity contribution in [1.82, 2.24) is 4.98 Å². The molecule has 178 valence electrons. The molecule has 4 rings (SSSR count). The molecular weight excluding hydrogens is 432 g/mol. The fourth-order valence-corrected chi connectivity index (χ4v) is 3.35. The van der Waals surface area contributed by atoms with Gasteiger partial charge in [0.25, 0.3) is 5.88 Å². The molecule has 0 spiro atoms. The van der Waals surface area contributed by atoms with E-state index in [2.05, 4.69) is 54.2 Å². The van der Waals surface area contributed by atoms with Crippen LogP contribution in [0.2, 0.25) is 0 Å². The van der Waals surface area contributed by atoms with Crippen LogP contribution in [0.15, 0.2) is 42.7 Å². The van der Waals surface area contributed by atoms with Gasteiger partial charge in [-0.25, -0.2) is 4.98 Å². The van der Waals surface area contributed by atoms with E-state index in [1.165, 1.54) is 18.2 Å². The third-order valence-corrected chi connectivity index (χ3v) is 4.95. The number of benzene rings is 1. The van der Waals surface area contributed by atoms with Gasteiger partial charge in [-0.1, -0.05) is 51.1 Å². The molecule has 2 fully saturated rings. The maximum absolute atomic E-state index is 10.9. The number of nitrogens with zero attached hydrogens (tertiary/aromatic N) is 2. The molecule has 1 aromatic heterocycles. The Morgan fingerprint density at radius 2 is 1.84 bits per heavy atom. The minimum Gasteiger partial charge on any atom is -0.618 e. The van der Waals surface area contributed by atoms with Crippen molar-refractivity contribution in [2.75, 3.05) is 6.26 Å². The average molecular weight is 467 g/mol. The molecule has 2 heterocycles. The van der Waals surface area contributed by atoms with Crippen LogP contribution in [0.1, 0.15) is 51.3 Å². The molecule has 3 atom stereocenters. The zero-order valence-corrected chi connectivity index (χ0v) is 20.2. The summed E-state index contributed by atoms with van der Waals surface area (Å²) in [6.07, 6.45) is 8.00. The molecule has 9 heteroatoms. The van der Waals surface area contributed by atoms with Crippen molar-refractivity contribution >= 4 is 10.1 Å². The first-order valence-corrected chi connectivity index (χ1v) is 12.6. The molecule has 0 radical (unpaired) electrons. The average Bonchev–Trinajstić information content (AvgIpc) is 3.48. The highest BCUT2D eigenvalue weighted by Crippen LogP contribution is 2.37. The second kappa shape index (κ2) is 12.1. The first-order valence-electron chi connectivity index (χ1n) is 10.8. The minimum atomic E-state index is -3.62. The summed E-state index contributed by atoms with van der Waals surface area (Å²) in [6, 6.07) is 10.4. The van der Waals surface area contributed by atoms with Crippen LogP contribution >= 0.6 is 0 Å². The van der Waals surface area contributed by atoms with E-state index in [4.69, 9.17) is 9.47 Å². The summed E-state index contributed by atoms with van der Waals surface area (Å²) in [7, 11) is -3.62. The summed E-state index contributed by atoms with van der Waals surface area (Å²) in [4.78, 5) is 3.60. The summed E-state index contributed by atoms with van der Waals surface area (Å²) < 4.78 is 37.5. The maximum Gasteiger partial charge on any atom is 0.307 e. The van der Waals surface area contributed by atoms with Crippen molar-refractivity contribution in [3.63, 3.8) is 0 Å². The van der Waals surface area contributed by atoms with E-state index >= 15 is 0 Å². The summed E-state index contributed by atoms with van der Waals surface area (Å²) in [5, 5.41) is 10.9. The standard InChI is InChI=1S/C13H16O2.C6H8N2O4S.C4H10/c1-2-4-10(5-3-1)9-14-11-6-7-12-13(8-11)15-12;1-5-3-7-6(4-8(5)9)12-13(2,10)11;1-4(2)3/h1-5,11-13H,6-9H2;3-4H,1-2H3;4H,1-3H3. The van der Waals surface area contributed by atoms with E-state index in [0.29, 0.717) is 28.7 Å². The van der Waals surface area contributed by atoms with Crippen LogP contribution in [0.3, 0.4) is 0 Å². The lowest BCUT2D eigenvalue weighted by molar-refractivity contribution is -0.613. The number of ether oxygens (including phenoxy) is 2. The topological polar surface area (TPSA) is 105 Å². The lowest BCUT2D eigenvalue weighted by Crippen LogP contribution is -2.30. The number of epoxide rings is 1. The van der Waals surface area contributed by atoms with Gasteiger partial charge in [0.2, 0.25) is 11.9 Å². The third-order valence-electron chi connectivity index (χ3n) is 4.48. The van der Waals surface area contributed by atoms with Gasteiger partial charge >= 0.3 is 10.1 Å². The second-order valence-corrected chi connectivity index (χ2v) is 10.2. The Labute approximate surface area is 191 Å². The predicted octanol–water partition coefficient (Wildman–Crippen LogP) is 3.55. The van der Waals surface area contributed by atoms with E-state index in [0.717, 1.165) is 37.8 Å². The molecule has 1 aromatic carbocycles. The molecule has 0 amide bonds. The molecule has 1 saturated heterocycles. The highest BCUT2D eigenvalue weighted by Gasteiger charge is 2.44. The van der Waals surface area contributed by atoms with Crippen molar-refractivity contribution in [2.45, 2.75) is 71.9 Å². The van der Waals surface area contributed by atoms with E-state index < -0.39 is 10.1 Å².